The van der Waals surface area contributed by atoms with Crippen molar-refractivity contribution in [2.75, 3.05) is 6.54 Å². The van der Waals surface area contributed by atoms with E-state index in [9.17, 15) is 4.79 Å². The summed E-state index contributed by atoms with van der Waals surface area (Å²) in [5, 5.41) is 5.25. The lowest BCUT2D eigenvalue weighted by Crippen LogP contribution is -2.46. The van der Waals surface area contributed by atoms with Crippen LogP contribution in [0, 0.1) is 0 Å². The summed E-state index contributed by atoms with van der Waals surface area (Å²) >= 11 is 6.90. The number of nitrogens with one attached hydrogen (secondary N) is 1. The summed E-state index contributed by atoms with van der Waals surface area (Å²) in [4.78, 5) is 19.2. The summed E-state index contributed by atoms with van der Waals surface area (Å²) in [6.45, 7) is 0.864. The van der Waals surface area contributed by atoms with E-state index in [2.05, 4.69) is 21.3 Å². The van der Waals surface area contributed by atoms with Gasteiger partial charge >= 0.3 is 0 Å². The highest BCUT2D eigenvalue weighted by Crippen LogP contribution is 2.30. The van der Waals surface area contributed by atoms with E-state index < -0.39 is 0 Å². The molecule has 1 aliphatic rings. The largest absolute Gasteiger partial charge is 0.342 e. The molecule has 1 amide bonds. The van der Waals surface area contributed by atoms with Crippen LogP contribution in [0.15, 0.2) is 42.0 Å². The van der Waals surface area contributed by atoms with Gasteiger partial charge in [-0.3, -0.25) is 15.1 Å². The second-order valence-electron chi connectivity index (χ2n) is 5.23. The fourth-order valence-corrected chi connectivity index (χ4v) is 3.66. The van der Waals surface area contributed by atoms with Gasteiger partial charge in [0.1, 0.15) is 0 Å². The second kappa shape index (κ2) is 6.98. The molecule has 114 valence electrons. The van der Waals surface area contributed by atoms with Crippen molar-refractivity contribution in [2.45, 2.75) is 25.3 Å². The third-order valence-electron chi connectivity index (χ3n) is 3.80. The minimum absolute atomic E-state index is 0.129. The molecule has 1 N–H and O–H groups in total. The first-order chi connectivity index (χ1) is 10.8. The number of rotatable bonds is 2. The molecule has 0 aromatic carbocycles. The molecule has 2 aromatic rings. The number of carbonyl (C=O) groups is 1. The number of hydrogen-bond acceptors (Lipinski definition) is 4. The van der Waals surface area contributed by atoms with Crippen molar-refractivity contribution in [1.29, 1.82) is 0 Å². The minimum atomic E-state index is -0.129. The maximum absolute atomic E-state index is 12.2. The first-order valence-corrected chi connectivity index (χ1v) is 8.60. The molecule has 4 nitrogen and oxygen atoms in total. The molecule has 3 heterocycles. The van der Waals surface area contributed by atoms with E-state index in [0.717, 1.165) is 31.4 Å². The van der Waals surface area contributed by atoms with E-state index in [1.165, 1.54) is 11.3 Å². The smallest absolute Gasteiger partial charge is 0.267 e. The molecular formula is C16H17N3OS2. The highest BCUT2D eigenvalue weighted by atomic mass is 32.1. The number of thiophene rings is 1. The average molecular weight is 331 g/mol. The highest BCUT2D eigenvalue weighted by Gasteiger charge is 2.27. The second-order valence-corrected chi connectivity index (χ2v) is 6.56. The van der Waals surface area contributed by atoms with Crippen LogP contribution in [0.2, 0.25) is 0 Å². The van der Waals surface area contributed by atoms with Crippen LogP contribution in [0.4, 0.5) is 0 Å². The minimum Gasteiger partial charge on any atom is -0.342 e. The number of carbonyl (C=O) groups excluding carboxylic acids is 1. The van der Waals surface area contributed by atoms with Gasteiger partial charge in [0.2, 0.25) is 0 Å². The van der Waals surface area contributed by atoms with Gasteiger partial charge in [-0.15, -0.1) is 11.3 Å². The van der Waals surface area contributed by atoms with Gasteiger partial charge in [-0.25, -0.2) is 0 Å². The van der Waals surface area contributed by atoms with Crippen LogP contribution >= 0.6 is 23.6 Å². The topological polar surface area (TPSA) is 45.2 Å². The molecule has 0 saturated carbocycles. The number of hydrogen-bond donors (Lipinski definition) is 1. The summed E-state index contributed by atoms with van der Waals surface area (Å²) in [7, 11) is 0. The zero-order chi connectivity index (χ0) is 15.4. The molecule has 2 aromatic heterocycles. The Morgan fingerprint density at radius 3 is 3.00 bits per heavy atom. The number of piperidine rings is 1. The standard InChI is InChI=1S/C16H17N3OS2/c20-15(14-7-4-10-22-14)18-16(21)19-9-2-1-6-13(19)12-5-3-8-17-11-12/h3-5,7-8,10-11,13H,1-2,6,9H2,(H,18,20,21). The number of amides is 1. The molecule has 6 heteroatoms. The Balaban J connectivity index is 1.73. The van der Waals surface area contributed by atoms with Crippen molar-refractivity contribution in [3.05, 3.63) is 52.5 Å². The lowest BCUT2D eigenvalue weighted by molar-refractivity contribution is 0.0973. The molecule has 1 fully saturated rings. The van der Waals surface area contributed by atoms with E-state index in [0.29, 0.717) is 9.99 Å². The van der Waals surface area contributed by atoms with Crippen molar-refractivity contribution in [3.8, 4) is 0 Å². The third kappa shape index (κ3) is 3.34. The number of thiocarbonyl (C=S) groups is 1. The lowest BCUT2D eigenvalue weighted by Gasteiger charge is -2.37. The normalized spacial score (nSPS) is 18.0. The molecule has 22 heavy (non-hydrogen) atoms. The monoisotopic (exact) mass is 331 g/mol. The molecule has 0 spiro atoms. The summed E-state index contributed by atoms with van der Waals surface area (Å²) < 4.78 is 0. The molecule has 1 saturated heterocycles. The Labute approximate surface area is 139 Å². The summed E-state index contributed by atoms with van der Waals surface area (Å²) in [5.74, 6) is -0.129. The number of nitrogens with zero attached hydrogens (tertiary/aromatic N) is 2. The number of aromatic nitrogens is 1. The van der Waals surface area contributed by atoms with Crippen LogP contribution in [0.3, 0.4) is 0 Å². The van der Waals surface area contributed by atoms with E-state index >= 15 is 0 Å². The Morgan fingerprint density at radius 1 is 1.36 bits per heavy atom. The molecule has 0 aliphatic carbocycles. The maximum atomic E-state index is 12.2. The highest BCUT2D eigenvalue weighted by molar-refractivity contribution is 7.80. The van der Waals surface area contributed by atoms with Gasteiger partial charge in [0.15, 0.2) is 5.11 Å². The first kappa shape index (κ1) is 15.1. The molecule has 1 atom stereocenters. The van der Waals surface area contributed by atoms with E-state index in [1.807, 2.05) is 23.7 Å². The van der Waals surface area contributed by atoms with Crippen LogP contribution in [0.5, 0.6) is 0 Å². The van der Waals surface area contributed by atoms with Gasteiger partial charge in [0, 0.05) is 18.9 Å². The van der Waals surface area contributed by atoms with Gasteiger partial charge in [-0.1, -0.05) is 12.1 Å². The summed E-state index contributed by atoms with van der Waals surface area (Å²) in [6.07, 6.45) is 6.93. The zero-order valence-electron chi connectivity index (χ0n) is 12.1. The zero-order valence-corrected chi connectivity index (χ0v) is 13.7. The lowest BCUT2D eigenvalue weighted by atomic mass is 9.97. The van der Waals surface area contributed by atoms with Crippen LogP contribution in [-0.4, -0.2) is 27.4 Å². The number of pyridine rings is 1. The predicted octanol–water partition coefficient (Wildman–Crippen LogP) is 3.39. The molecule has 1 aliphatic heterocycles. The predicted molar refractivity (Wildman–Crippen MR) is 91.9 cm³/mol. The Kier molecular flexibility index (Phi) is 4.80. The maximum Gasteiger partial charge on any atom is 0.267 e. The Morgan fingerprint density at radius 2 is 2.27 bits per heavy atom. The van der Waals surface area contributed by atoms with Crippen LogP contribution in [0.25, 0.3) is 0 Å². The van der Waals surface area contributed by atoms with Gasteiger partial charge in [-0.05, 0) is 54.6 Å². The van der Waals surface area contributed by atoms with Crippen molar-refractivity contribution < 1.29 is 4.79 Å². The molecule has 1 unspecified atom stereocenters. The third-order valence-corrected chi connectivity index (χ3v) is 5.00. The fraction of sp³-hybridized carbons (Fsp3) is 0.312. The fourth-order valence-electron chi connectivity index (χ4n) is 2.73. The summed E-state index contributed by atoms with van der Waals surface area (Å²) in [5.41, 5.74) is 1.15. The number of likely N-dealkylation sites (tertiary alicyclic amines) is 1. The molecule has 3 rings (SSSR count). The van der Waals surface area contributed by atoms with Crippen LogP contribution in [0.1, 0.15) is 40.5 Å². The van der Waals surface area contributed by atoms with Crippen molar-refractivity contribution >= 4 is 34.6 Å². The van der Waals surface area contributed by atoms with Gasteiger partial charge < -0.3 is 4.90 Å². The van der Waals surface area contributed by atoms with Gasteiger partial charge in [0.05, 0.1) is 10.9 Å². The van der Waals surface area contributed by atoms with Crippen LogP contribution < -0.4 is 5.32 Å². The average Bonchev–Trinajstić information content (AvgIpc) is 3.10. The van der Waals surface area contributed by atoms with Crippen LogP contribution in [-0.2, 0) is 0 Å². The molecule has 0 radical (unpaired) electrons. The van der Waals surface area contributed by atoms with Gasteiger partial charge in [0.25, 0.3) is 5.91 Å². The van der Waals surface area contributed by atoms with Crippen molar-refractivity contribution in [3.63, 3.8) is 0 Å². The Hall–Kier alpha value is -1.79. The molecule has 0 bridgehead atoms. The quantitative estimate of drug-likeness (QED) is 0.857. The first-order valence-electron chi connectivity index (χ1n) is 7.31. The van der Waals surface area contributed by atoms with E-state index in [1.54, 1.807) is 12.3 Å². The van der Waals surface area contributed by atoms with Gasteiger partial charge in [-0.2, -0.15) is 0 Å². The van der Waals surface area contributed by atoms with E-state index in [-0.39, 0.29) is 11.9 Å². The summed E-state index contributed by atoms with van der Waals surface area (Å²) in [6, 6.07) is 7.87. The SMILES string of the molecule is O=C(NC(=S)N1CCCCC1c1cccnc1)c1cccs1. The van der Waals surface area contributed by atoms with E-state index in [4.69, 9.17) is 12.2 Å². The van der Waals surface area contributed by atoms with Crippen molar-refractivity contribution in [1.82, 2.24) is 15.2 Å². The molecular weight excluding hydrogens is 314 g/mol. The Bertz CT molecular complexity index is 643. The van der Waals surface area contributed by atoms with Crippen molar-refractivity contribution in [2.24, 2.45) is 0 Å².